The summed E-state index contributed by atoms with van der Waals surface area (Å²) in [7, 11) is 0. The van der Waals surface area contributed by atoms with Crippen LogP contribution in [0.2, 0.25) is 0 Å². The van der Waals surface area contributed by atoms with Gasteiger partial charge in [-0.25, -0.2) is 0 Å². The third-order valence-electron chi connectivity index (χ3n) is 5.55. The largest absolute Gasteiger partial charge is 0.382 e. The van der Waals surface area contributed by atoms with E-state index in [0.717, 1.165) is 34.9 Å². The maximum atomic E-state index is 12.6. The molecule has 1 aromatic heterocycles. The van der Waals surface area contributed by atoms with Crippen molar-refractivity contribution in [3.05, 3.63) is 41.2 Å². The molecule has 1 heterocycles. The van der Waals surface area contributed by atoms with E-state index in [1.807, 2.05) is 23.7 Å². The Morgan fingerprint density at radius 3 is 2.39 bits per heavy atom. The van der Waals surface area contributed by atoms with E-state index in [1.54, 1.807) is 0 Å². The zero-order valence-electron chi connectivity index (χ0n) is 17.7. The summed E-state index contributed by atoms with van der Waals surface area (Å²) in [4.78, 5) is 12.6. The summed E-state index contributed by atoms with van der Waals surface area (Å²) in [5, 5.41) is 11.2. The molecule has 0 bridgehead atoms. The Bertz CT molecular complexity index is 786. The highest BCUT2D eigenvalue weighted by molar-refractivity contribution is 5.92. The zero-order valence-corrected chi connectivity index (χ0v) is 17.7. The molecular formula is C23H34N4O. The van der Waals surface area contributed by atoms with Crippen LogP contribution in [0.5, 0.6) is 0 Å². The Kier molecular flexibility index (Phi) is 6.76. The molecule has 3 rings (SSSR count). The van der Waals surface area contributed by atoms with Gasteiger partial charge in [-0.1, -0.05) is 33.1 Å². The Morgan fingerprint density at radius 1 is 1.11 bits per heavy atom. The number of benzene rings is 1. The second-order valence-electron chi connectivity index (χ2n) is 8.51. The number of aromatic nitrogens is 2. The topological polar surface area (TPSA) is 59.0 Å². The molecule has 1 aliphatic carbocycles. The van der Waals surface area contributed by atoms with Crippen LogP contribution in [0.4, 0.5) is 11.4 Å². The third-order valence-corrected chi connectivity index (χ3v) is 5.55. The van der Waals surface area contributed by atoms with Crippen molar-refractivity contribution in [2.75, 3.05) is 10.6 Å². The summed E-state index contributed by atoms with van der Waals surface area (Å²) in [5.74, 6) is 0.531. The zero-order chi connectivity index (χ0) is 20.1. The van der Waals surface area contributed by atoms with Crippen LogP contribution in [-0.4, -0.2) is 21.7 Å². The second-order valence-corrected chi connectivity index (χ2v) is 8.51. The predicted molar refractivity (Wildman–Crippen MR) is 116 cm³/mol. The smallest absolute Gasteiger partial charge is 0.228 e. The molecule has 0 atom stereocenters. The van der Waals surface area contributed by atoms with Gasteiger partial charge in [-0.15, -0.1) is 0 Å². The molecule has 0 radical (unpaired) electrons. The van der Waals surface area contributed by atoms with Crippen LogP contribution in [0.25, 0.3) is 0 Å². The molecule has 0 saturated heterocycles. The molecule has 1 aliphatic rings. The van der Waals surface area contributed by atoms with Crippen LogP contribution in [0.3, 0.4) is 0 Å². The van der Waals surface area contributed by atoms with Gasteiger partial charge in [0.25, 0.3) is 0 Å². The molecule has 152 valence electrons. The molecular weight excluding hydrogens is 348 g/mol. The number of rotatable bonds is 7. The predicted octanol–water partition coefficient (Wildman–Crippen LogP) is 5.08. The highest BCUT2D eigenvalue weighted by atomic mass is 16.1. The number of hydrogen-bond acceptors (Lipinski definition) is 3. The maximum absolute atomic E-state index is 12.6. The van der Waals surface area contributed by atoms with E-state index in [9.17, 15) is 4.79 Å². The molecule has 2 N–H and O–H groups in total. The van der Waals surface area contributed by atoms with E-state index < -0.39 is 0 Å². The summed E-state index contributed by atoms with van der Waals surface area (Å²) in [5.41, 5.74) is 5.04. The van der Waals surface area contributed by atoms with Crippen molar-refractivity contribution >= 4 is 17.3 Å². The minimum atomic E-state index is 0.00304. The fourth-order valence-electron chi connectivity index (χ4n) is 4.01. The van der Waals surface area contributed by atoms with Gasteiger partial charge in [0, 0.05) is 35.2 Å². The molecule has 0 spiro atoms. The lowest BCUT2D eigenvalue weighted by molar-refractivity contribution is -0.115. The van der Waals surface area contributed by atoms with Gasteiger partial charge in [-0.2, -0.15) is 5.10 Å². The van der Waals surface area contributed by atoms with Gasteiger partial charge in [0.2, 0.25) is 5.91 Å². The van der Waals surface area contributed by atoms with Gasteiger partial charge in [-0.05, 0) is 56.9 Å². The first-order chi connectivity index (χ1) is 13.4. The van der Waals surface area contributed by atoms with Crippen molar-refractivity contribution in [3.63, 3.8) is 0 Å². The normalized spacial score (nSPS) is 15.0. The summed E-state index contributed by atoms with van der Waals surface area (Å²) in [6, 6.07) is 8.65. The van der Waals surface area contributed by atoms with Crippen LogP contribution in [-0.2, 0) is 17.8 Å². The SMILES string of the molecule is Cc1nn(CC(C)C)c(C)c1CC(=O)Nc1ccc(NC2CCCCC2)cc1. The molecule has 1 amide bonds. The van der Waals surface area contributed by atoms with Crippen molar-refractivity contribution < 1.29 is 4.79 Å². The van der Waals surface area contributed by atoms with Crippen LogP contribution < -0.4 is 10.6 Å². The van der Waals surface area contributed by atoms with E-state index in [2.05, 4.69) is 48.6 Å². The van der Waals surface area contributed by atoms with Gasteiger partial charge in [-0.3, -0.25) is 9.48 Å². The molecule has 1 fully saturated rings. The Hall–Kier alpha value is -2.30. The number of anilines is 2. The molecule has 2 aromatic rings. The number of hydrogen-bond donors (Lipinski definition) is 2. The minimum Gasteiger partial charge on any atom is -0.382 e. The molecule has 5 nitrogen and oxygen atoms in total. The Morgan fingerprint density at radius 2 is 1.75 bits per heavy atom. The summed E-state index contributed by atoms with van der Waals surface area (Å²) in [6.07, 6.45) is 6.86. The molecule has 28 heavy (non-hydrogen) atoms. The van der Waals surface area contributed by atoms with Crippen LogP contribution in [0, 0.1) is 19.8 Å². The summed E-state index contributed by atoms with van der Waals surface area (Å²) >= 11 is 0. The number of amides is 1. The van der Waals surface area contributed by atoms with Gasteiger partial charge in [0.15, 0.2) is 0 Å². The highest BCUT2D eigenvalue weighted by Crippen LogP contribution is 2.23. The molecule has 1 aromatic carbocycles. The van der Waals surface area contributed by atoms with E-state index in [1.165, 1.54) is 32.1 Å². The number of aryl methyl sites for hydroxylation is 1. The minimum absolute atomic E-state index is 0.00304. The lowest BCUT2D eigenvalue weighted by Crippen LogP contribution is -2.22. The Labute approximate surface area is 168 Å². The lowest BCUT2D eigenvalue weighted by Gasteiger charge is -2.23. The van der Waals surface area contributed by atoms with E-state index in [4.69, 9.17) is 0 Å². The fourth-order valence-corrected chi connectivity index (χ4v) is 4.01. The monoisotopic (exact) mass is 382 g/mol. The fraction of sp³-hybridized carbons (Fsp3) is 0.565. The van der Waals surface area contributed by atoms with Crippen LogP contribution >= 0.6 is 0 Å². The van der Waals surface area contributed by atoms with E-state index in [-0.39, 0.29) is 5.91 Å². The Balaban J connectivity index is 1.57. The quantitative estimate of drug-likeness (QED) is 0.702. The van der Waals surface area contributed by atoms with Crippen molar-refractivity contribution in [3.8, 4) is 0 Å². The molecule has 1 saturated carbocycles. The maximum Gasteiger partial charge on any atom is 0.228 e. The lowest BCUT2D eigenvalue weighted by atomic mass is 9.95. The van der Waals surface area contributed by atoms with Gasteiger partial charge in [0.1, 0.15) is 0 Å². The average molecular weight is 383 g/mol. The highest BCUT2D eigenvalue weighted by Gasteiger charge is 2.16. The first-order valence-corrected chi connectivity index (χ1v) is 10.6. The van der Waals surface area contributed by atoms with Crippen molar-refractivity contribution in [2.45, 2.75) is 78.8 Å². The molecule has 0 unspecified atom stereocenters. The first kappa shape index (κ1) is 20.4. The van der Waals surface area contributed by atoms with Crippen molar-refractivity contribution in [1.82, 2.24) is 9.78 Å². The van der Waals surface area contributed by atoms with Gasteiger partial charge < -0.3 is 10.6 Å². The van der Waals surface area contributed by atoms with E-state index >= 15 is 0 Å². The number of carbonyl (C=O) groups is 1. The van der Waals surface area contributed by atoms with Crippen LogP contribution in [0.15, 0.2) is 24.3 Å². The van der Waals surface area contributed by atoms with Gasteiger partial charge in [0.05, 0.1) is 12.1 Å². The van der Waals surface area contributed by atoms with E-state index in [0.29, 0.717) is 18.4 Å². The summed E-state index contributed by atoms with van der Waals surface area (Å²) in [6.45, 7) is 9.27. The number of nitrogens with one attached hydrogen (secondary N) is 2. The first-order valence-electron chi connectivity index (χ1n) is 10.6. The molecule has 0 aliphatic heterocycles. The third kappa shape index (κ3) is 5.37. The summed E-state index contributed by atoms with van der Waals surface area (Å²) < 4.78 is 2.02. The number of nitrogens with zero attached hydrogens (tertiary/aromatic N) is 2. The second kappa shape index (κ2) is 9.26. The van der Waals surface area contributed by atoms with Crippen LogP contribution in [0.1, 0.15) is 62.9 Å². The van der Waals surface area contributed by atoms with Gasteiger partial charge >= 0.3 is 0 Å². The number of carbonyl (C=O) groups excluding carboxylic acids is 1. The van der Waals surface area contributed by atoms with Crippen molar-refractivity contribution in [2.24, 2.45) is 5.92 Å². The van der Waals surface area contributed by atoms with Crippen molar-refractivity contribution in [1.29, 1.82) is 0 Å². The average Bonchev–Trinajstić information content (AvgIpc) is 2.91. The molecule has 5 heteroatoms. The standard InChI is InChI=1S/C23H34N4O/c1-16(2)15-27-18(4)22(17(3)26-27)14-23(28)25-21-12-10-20(11-13-21)24-19-8-6-5-7-9-19/h10-13,16,19,24H,5-9,14-15H2,1-4H3,(H,25,28).